The van der Waals surface area contributed by atoms with Crippen LogP contribution in [0.25, 0.3) is 0 Å². The lowest BCUT2D eigenvalue weighted by Gasteiger charge is -2.25. The van der Waals surface area contributed by atoms with Crippen LogP contribution in [0.2, 0.25) is 0 Å². The van der Waals surface area contributed by atoms with Crippen molar-refractivity contribution < 1.29 is 29.0 Å². The van der Waals surface area contributed by atoms with Crippen LogP contribution < -0.4 is 4.74 Å². The average molecular weight is 502 g/mol. The number of hydrogen-bond donors (Lipinski definition) is 1. The molecule has 1 N–H and O–H groups in total. The number of nitrogens with zero attached hydrogens (tertiary/aromatic N) is 1. The van der Waals surface area contributed by atoms with E-state index in [1.165, 1.54) is 4.90 Å². The maximum Gasteiger partial charge on any atom is 0.416 e. The maximum absolute atomic E-state index is 13.9. The number of amides is 2. The number of carbonyl (C=O) groups excluding carboxylic acids is 2. The Morgan fingerprint density at radius 1 is 0.973 bits per heavy atom. The molecule has 37 heavy (non-hydrogen) atoms. The Balaban J connectivity index is 1.61. The van der Waals surface area contributed by atoms with Crippen molar-refractivity contribution in [2.24, 2.45) is 5.92 Å². The summed E-state index contributed by atoms with van der Waals surface area (Å²) in [4.78, 5) is 39.7. The van der Waals surface area contributed by atoms with Crippen LogP contribution in [-0.2, 0) is 28.8 Å². The van der Waals surface area contributed by atoms with Crippen molar-refractivity contribution in [3.05, 3.63) is 101 Å². The van der Waals surface area contributed by atoms with Crippen molar-refractivity contribution in [1.29, 1.82) is 0 Å². The summed E-state index contributed by atoms with van der Waals surface area (Å²) < 4.78 is 10.9. The molecule has 1 saturated heterocycles. The second kappa shape index (κ2) is 12.2. The minimum Gasteiger partial charge on any atom is -0.493 e. The number of carbonyl (C=O) groups is 3. The number of hydrogen-bond acceptors (Lipinski definition) is 5. The van der Waals surface area contributed by atoms with Crippen molar-refractivity contribution in [1.82, 2.24) is 4.90 Å². The lowest BCUT2D eigenvalue weighted by molar-refractivity contribution is -0.133. The van der Waals surface area contributed by atoms with E-state index in [1.807, 2.05) is 67.6 Å². The minimum atomic E-state index is -1.09. The first-order valence-corrected chi connectivity index (χ1v) is 12.5. The second-order valence-electron chi connectivity index (χ2n) is 9.20. The third kappa shape index (κ3) is 6.55. The highest BCUT2D eigenvalue weighted by Crippen LogP contribution is 2.27. The molecule has 1 aliphatic rings. The first-order valence-electron chi connectivity index (χ1n) is 12.5. The molecule has 3 aromatic rings. The fraction of sp³-hybridized carbons (Fsp3) is 0.300. The molecular formula is C30H31NO6. The topological polar surface area (TPSA) is 93.1 Å². The summed E-state index contributed by atoms with van der Waals surface area (Å²) in [6.07, 6.45) is 1.29. The highest BCUT2D eigenvalue weighted by Gasteiger charge is 2.40. The van der Waals surface area contributed by atoms with Crippen LogP contribution >= 0.6 is 0 Å². The largest absolute Gasteiger partial charge is 0.493 e. The summed E-state index contributed by atoms with van der Waals surface area (Å²) in [6, 6.07) is 23.9. The van der Waals surface area contributed by atoms with Gasteiger partial charge in [0.25, 0.3) is 0 Å². The number of ether oxygens (including phenoxy) is 2. The number of cyclic esters (lactones) is 1. The Hall–Kier alpha value is -4.13. The van der Waals surface area contributed by atoms with Gasteiger partial charge in [-0.2, -0.15) is 0 Å². The van der Waals surface area contributed by atoms with E-state index >= 15 is 0 Å². The van der Waals surface area contributed by atoms with E-state index in [0.29, 0.717) is 30.8 Å². The zero-order chi connectivity index (χ0) is 26.2. The molecule has 0 saturated carbocycles. The summed E-state index contributed by atoms with van der Waals surface area (Å²) in [6.45, 7) is 2.50. The third-order valence-corrected chi connectivity index (χ3v) is 6.40. The number of imide groups is 1. The Labute approximate surface area is 216 Å². The molecule has 3 aromatic carbocycles. The van der Waals surface area contributed by atoms with Crippen LogP contribution in [-0.4, -0.2) is 47.2 Å². The summed E-state index contributed by atoms with van der Waals surface area (Å²) in [5.41, 5.74) is 2.70. The first kappa shape index (κ1) is 25.9. The van der Waals surface area contributed by atoms with Gasteiger partial charge in [0.1, 0.15) is 17.9 Å². The van der Waals surface area contributed by atoms with E-state index in [1.54, 1.807) is 18.2 Å². The van der Waals surface area contributed by atoms with Crippen LogP contribution in [0.5, 0.6) is 5.75 Å². The monoisotopic (exact) mass is 501 g/mol. The average Bonchev–Trinajstić information content (AvgIpc) is 3.27. The zero-order valence-corrected chi connectivity index (χ0v) is 20.8. The number of carboxylic acid groups (broad SMARTS) is 1. The van der Waals surface area contributed by atoms with Crippen molar-refractivity contribution >= 4 is 18.0 Å². The van der Waals surface area contributed by atoms with Gasteiger partial charge in [-0.3, -0.25) is 4.79 Å². The van der Waals surface area contributed by atoms with Crippen LogP contribution in [0.3, 0.4) is 0 Å². The van der Waals surface area contributed by atoms with Gasteiger partial charge in [-0.15, -0.1) is 0 Å². The van der Waals surface area contributed by atoms with E-state index in [0.717, 1.165) is 17.5 Å². The Morgan fingerprint density at radius 3 is 2.27 bits per heavy atom. The van der Waals surface area contributed by atoms with Crippen LogP contribution in [0.4, 0.5) is 4.79 Å². The Morgan fingerprint density at radius 2 is 1.62 bits per heavy atom. The molecule has 0 bridgehead atoms. The van der Waals surface area contributed by atoms with Crippen molar-refractivity contribution in [2.45, 2.75) is 38.6 Å². The highest BCUT2D eigenvalue weighted by atomic mass is 16.6. The van der Waals surface area contributed by atoms with Gasteiger partial charge in [-0.25, -0.2) is 14.5 Å². The number of carboxylic acids is 1. The van der Waals surface area contributed by atoms with Gasteiger partial charge in [0.2, 0.25) is 5.91 Å². The van der Waals surface area contributed by atoms with E-state index in [4.69, 9.17) is 9.47 Å². The maximum atomic E-state index is 13.9. The number of aromatic carboxylic acids is 1. The molecule has 0 radical (unpaired) electrons. The van der Waals surface area contributed by atoms with E-state index in [-0.39, 0.29) is 24.5 Å². The quantitative estimate of drug-likeness (QED) is 0.390. The smallest absolute Gasteiger partial charge is 0.416 e. The predicted molar refractivity (Wildman–Crippen MR) is 139 cm³/mol. The molecule has 0 spiro atoms. The molecule has 7 heteroatoms. The molecule has 0 aliphatic carbocycles. The third-order valence-electron chi connectivity index (χ3n) is 6.40. The van der Waals surface area contributed by atoms with Gasteiger partial charge < -0.3 is 14.6 Å². The van der Waals surface area contributed by atoms with Gasteiger partial charge in [0, 0.05) is 5.92 Å². The molecule has 2 atom stereocenters. The summed E-state index contributed by atoms with van der Waals surface area (Å²) in [5, 5.41) is 9.73. The zero-order valence-electron chi connectivity index (χ0n) is 20.8. The molecule has 1 heterocycles. The molecule has 1 aliphatic heterocycles. The molecule has 2 amide bonds. The molecule has 0 aromatic heterocycles. The summed E-state index contributed by atoms with van der Waals surface area (Å²) in [5.74, 6) is -1.70. The lowest BCUT2D eigenvalue weighted by atomic mass is 9.90. The van der Waals surface area contributed by atoms with Gasteiger partial charge in [-0.1, -0.05) is 73.7 Å². The van der Waals surface area contributed by atoms with Gasteiger partial charge in [0.15, 0.2) is 0 Å². The van der Waals surface area contributed by atoms with E-state index < -0.39 is 24.0 Å². The van der Waals surface area contributed by atoms with Gasteiger partial charge >= 0.3 is 12.1 Å². The van der Waals surface area contributed by atoms with Crippen molar-refractivity contribution in [3.63, 3.8) is 0 Å². The van der Waals surface area contributed by atoms with Crippen molar-refractivity contribution in [2.75, 3.05) is 13.2 Å². The minimum absolute atomic E-state index is 0.0550. The highest BCUT2D eigenvalue weighted by molar-refractivity contribution is 5.95. The van der Waals surface area contributed by atoms with Crippen LogP contribution in [0.1, 0.15) is 40.4 Å². The SMILES string of the molecule is CCCOc1ccc(C[C@H](Cc2ccccc2)C(=O)N2C(=O)OC[C@@H]2Cc2ccccc2)cc1C(=O)O. The predicted octanol–water partition coefficient (Wildman–Crippen LogP) is 5.17. The normalized spacial score (nSPS) is 15.8. The molecule has 0 unspecified atom stereocenters. The van der Waals surface area contributed by atoms with Gasteiger partial charge in [-0.05, 0) is 54.5 Å². The van der Waals surface area contributed by atoms with E-state index in [2.05, 4.69) is 0 Å². The summed E-state index contributed by atoms with van der Waals surface area (Å²) in [7, 11) is 0. The molecular weight excluding hydrogens is 470 g/mol. The van der Waals surface area contributed by atoms with E-state index in [9.17, 15) is 19.5 Å². The molecule has 192 valence electrons. The van der Waals surface area contributed by atoms with Crippen LogP contribution in [0.15, 0.2) is 78.9 Å². The molecule has 7 nitrogen and oxygen atoms in total. The molecule has 1 fully saturated rings. The van der Waals surface area contributed by atoms with Gasteiger partial charge in [0.05, 0.1) is 12.6 Å². The fourth-order valence-electron chi connectivity index (χ4n) is 4.60. The Bertz CT molecular complexity index is 1230. The fourth-order valence-corrected chi connectivity index (χ4v) is 4.60. The van der Waals surface area contributed by atoms with Crippen molar-refractivity contribution in [3.8, 4) is 5.75 Å². The standard InChI is InChI=1S/C30H31NO6/c1-2-15-36-27-14-13-23(19-26(27)29(33)34)17-24(16-21-9-5-3-6-10-21)28(32)31-25(20-37-30(31)35)18-22-11-7-4-8-12-22/h3-14,19,24-25H,2,15-18,20H2,1H3,(H,33,34)/t24-,25-/m0/s1. The number of benzene rings is 3. The Kier molecular flexibility index (Phi) is 8.56. The summed E-state index contributed by atoms with van der Waals surface area (Å²) >= 11 is 0. The van der Waals surface area contributed by atoms with Crippen LogP contribution in [0, 0.1) is 5.92 Å². The second-order valence-corrected chi connectivity index (χ2v) is 9.20. The number of rotatable bonds is 11. The lowest BCUT2D eigenvalue weighted by Crippen LogP contribution is -2.44. The first-order chi connectivity index (χ1) is 18.0. The molecule has 4 rings (SSSR count).